The summed E-state index contributed by atoms with van der Waals surface area (Å²) in [5, 5.41) is 26.1. The minimum Gasteiger partial charge on any atom is -0.307 e. The Kier molecular flexibility index (Phi) is 3.38. The van der Waals surface area contributed by atoms with Crippen LogP contribution in [0.3, 0.4) is 0 Å². The number of aryl methyl sites for hydroxylation is 2. The summed E-state index contributed by atoms with van der Waals surface area (Å²) in [5.41, 5.74) is 2.25. The molecule has 1 N–H and O–H groups in total. The van der Waals surface area contributed by atoms with E-state index < -0.39 is 0 Å². The first-order valence-electron chi connectivity index (χ1n) is 6.83. The number of rotatable bonds is 5. The monoisotopic (exact) mass is 288 g/mol. The molecule has 8 heteroatoms. The highest BCUT2D eigenvalue weighted by Crippen LogP contribution is 2.25. The van der Waals surface area contributed by atoms with Crippen molar-refractivity contribution in [1.29, 1.82) is 0 Å². The lowest BCUT2D eigenvalue weighted by Gasteiger charge is -2.09. The van der Waals surface area contributed by atoms with E-state index in [0.29, 0.717) is 24.0 Å². The quantitative estimate of drug-likeness (QED) is 0.660. The number of aromatic nitrogens is 4. The van der Waals surface area contributed by atoms with E-state index in [2.05, 4.69) is 20.8 Å². The summed E-state index contributed by atoms with van der Waals surface area (Å²) >= 11 is 0. The second-order valence-electron chi connectivity index (χ2n) is 5.34. The standard InChI is InChI=1S/C13H16N6O2/c1-8-6-12(19(20)21)9(2)5-11(8)18-13(15-16-17-18)7-14-10-3-4-10/h5-6,10,14H,3-4,7H2,1-2H3. The van der Waals surface area contributed by atoms with Gasteiger partial charge in [0, 0.05) is 17.7 Å². The van der Waals surface area contributed by atoms with Gasteiger partial charge in [-0.2, -0.15) is 4.68 Å². The third kappa shape index (κ3) is 2.75. The molecule has 0 atom stereocenters. The van der Waals surface area contributed by atoms with E-state index in [9.17, 15) is 10.1 Å². The molecule has 1 aliphatic carbocycles. The van der Waals surface area contributed by atoms with Crippen LogP contribution in [0.15, 0.2) is 12.1 Å². The predicted octanol–water partition coefficient (Wildman–Crippen LogP) is 1.44. The molecule has 0 unspecified atom stereocenters. The van der Waals surface area contributed by atoms with Gasteiger partial charge in [0.15, 0.2) is 5.82 Å². The van der Waals surface area contributed by atoms with E-state index in [0.717, 1.165) is 11.3 Å². The molecule has 3 rings (SSSR count). The molecule has 2 aromatic rings. The number of hydrogen-bond donors (Lipinski definition) is 1. The van der Waals surface area contributed by atoms with Crippen LogP contribution < -0.4 is 5.32 Å². The number of tetrazole rings is 1. The number of nitrogens with one attached hydrogen (secondary N) is 1. The predicted molar refractivity (Wildman–Crippen MR) is 75.1 cm³/mol. The molecule has 0 bridgehead atoms. The Morgan fingerprint density at radius 1 is 1.38 bits per heavy atom. The molecule has 1 heterocycles. The Hall–Kier alpha value is -2.35. The fraction of sp³-hybridized carbons (Fsp3) is 0.462. The number of hydrogen-bond acceptors (Lipinski definition) is 6. The van der Waals surface area contributed by atoms with Crippen molar-refractivity contribution >= 4 is 5.69 Å². The largest absolute Gasteiger partial charge is 0.307 e. The number of nitro benzene ring substituents is 1. The summed E-state index contributed by atoms with van der Waals surface area (Å²) < 4.78 is 1.64. The lowest BCUT2D eigenvalue weighted by atomic mass is 10.1. The average Bonchev–Trinajstić information content (AvgIpc) is 3.16. The highest BCUT2D eigenvalue weighted by Gasteiger charge is 2.22. The van der Waals surface area contributed by atoms with Crippen molar-refractivity contribution in [3.05, 3.63) is 39.2 Å². The average molecular weight is 288 g/mol. The minimum atomic E-state index is -0.374. The molecule has 0 radical (unpaired) electrons. The van der Waals surface area contributed by atoms with Crippen molar-refractivity contribution in [3.8, 4) is 5.69 Å². The van der Waals surface area contributed by atoms with E-state index in [1.165, 1.54) is 12.8 Å². The maximum absolute atomic E-state index is 11.0. The van der Waals surface area contributed by atoms with Crippen LogP contribution in [0.5, 0.6) is 0 Å². The van der Waals surface area contributed by atoms with Crippen LogP contribution in [0.25, 0.3) is 5.69 Å². The smallest absolute Gasteiger partial charge is 0.272 e. The second-order valence-corrected chi connectivity index (χ2v) is 5.34. The zero-order valence-corrected chi connectivity index (χ0v) is 11.9. The maximum atomic E-state index is 11.0. The van der Waals surface area contributed by atoms with Gasteiger partial charge in [-0.3, -0.25) is 10.1 Å². The maximum Gasteiger partial charge on any atom is 0.272 e. The minimum absolute atomic E-state index is 0.113. The van der Waals surface area contributed by atoms with Crippen molar-refractivity contribution < 1.29 is 4.92 Å². The van der Waals surface area contributed by atoms with Crippen LogP contribution in [0.2, 0.25) is 0 Å². The topological polar surface area (TPSA) is 98.8 Å². The van der Waals surface area contributed by atoms with Gasteiger partial charge >= 0.3 is 0 Å². The van der Waals surface area contributed by atoms with Crippen LogP contribution in [0.4, 0.5) is 5.69 Å². The molecule has 1 aromatic heterocycles. The SMILES string of the molecule is Cc1cc([N+](=O)[O-])c(C)cc1-n1nnnc1CNC1CC1. The van der Waals surface area contributed by atoms with E-state index in [1.54, 1.807) is 23.7 Å². The van der Waals surface area contributed by atoms with Crippen LogP contribution in [0, 0.1) is 24.0 Å². The van der Waals surface area contributed by atoms with Crippen molar-refractivity contribution in [2.45, 2.75) is 39.3 Å². The molecule has 1 aliphatic rings. The van der Waals surface area contributed by atoms with Gasteiger partial charge < -0.3 is 5.32 Å². The first kappa shape index (κ1) is 13.6. The summed E-state index contributed by atoms with van der Waals surface area (Å²) in [6.45, 7) is 4.13. The molecule has 110 valence electrons. The van der Waals surface area contributed by atoms with Gasteiger partial charge in [-0.15, -0.1) is 5.10 Å². The van der Waals surface area contributed by atoms with Crippen LogP contribution in [-0.4, -0.2) is 31.2 Å². The molecule has 1 saturated carbocycles. The fourth-order valence-electron chi connectivity index (χ4n) is 2.24. The summed E-state index contributed by atoms with van der Waals surface area (Å²) in [6.07, 6.45) is 2.38. The van der Waals surface area contributed by atoms with Gasteiger partial charge in [-0.25, -0.2) is 0 Å². The molecule has 0 amide bonds. The highest BCUT2D eigenvalue weighted by atomic mass is 16.6. The van der Waals surface area contributed by atoms with Gasteiger partial charge in [-0.05, 0) is 48.7 Å². The van der Waals surface area contributed by atoms with Crippen molar-refractivity contribution in [2.24, 2.45) is 0 Å². The summed E-state index contributed by atoms with van der Waals surface area (Å²) in [7, 11) is 0. The zero-order valence-electron chi connectivity index (χ0n) is 11.9. The molecule has 8 nitrogen and oxygen atoms in total. The molecular formula is C13H16N6O2. The Morgan fingerprint density at radius 3 is 2.81 bits per heavy atom. The van der Waals surface area contributed by atoms with Crippen molar-refractivity contribution in [3.63, 3.8) is 0 Å². The summed E-state index contributed by atoms with van der Waals surface area (Å²) in [4.78, 5) is 10.6. The summed E-state index contributed by atoms with van der Waals surface area (Å²) in [6, 6.07) is 3.88. The first-order valence-corrected chi connectivity index (χ1v) is 6.83. The highest BCUT2D eigenvalue weighted by molar-refractivity contribution is 5.52. The molecule has 1 fully saturated rings. The zero-order chi connectivity index (χ0) is 15.0. The van der Waals surface area contributed by atoms with E-state index in [1.807, 2.05) is 6.92 Å². The lowest BCUT2D eigenvalue weighted by Crippen LogP contribution is -2.19. The van der Waals surface area contributed by atoms with Crippen molar-refractivity contribution in [2.75, 3.05) is 0 Å². The second kappa shape index (κ2) is 5.21. The van der Waals surface area contributed by atoms with Crippen LogP contribution >= 0.6 is 0 Å². The number of benzene rings is 1. The van der Waals surface area contributed by atoms with Gasteiger partial charge in [0.1, 0.15) is 0 Å². The van der Waals surface area contributed by atoms with Gasteiger partial charge in [0.2, 0.25) is 0 Å². The van der Waals surface area contributed by atoms with E-state index in [4.69, 9.17) is 0 Å². The van der Waals surface area contributed by atoms with Crippen molar-refractivity contribution in [1.82, 2.24) is 25.5 Å². The van der Waals surface area contributed by atoms with E-state index in [-0.39, 0.29) is 10.6 Å². The third-order valence-electron chi connectivity index (χ3n) is 3.60. The van der Waals surface area contributed by atoms with Gasteiger partial charge in [0.25, 0.3) is 5.69 Å². The Morgan fingerprint density at radius 2 is 2.14 bits per heavy atom. The normalized spacial score (nSPS) is 14.4. The van der Waals surface area contributed by atoms with Crippen LogP contribution in [0.1, 0.15) is 29.8 Å². The molecule has 0 aliphatic heterocycles. The molecule has 1 aromatic carbocycles. The number of nitrogens with zero attached hydrogens (tertiary/aromatic N) is 5. The Bertz CT molecular complexity index is 692. The molecular weight excluding hydrogens is 272 g/mol. The Labute approximate surface area is 121 Å². The molecule has 0 spiro atoms. The fourth-order valence-corrected chi connectivity index (χ4v) is 2.24. The molecule has 21 heavy (non-hydrogen) atoms. The lowest BCUT2D eigenvalue weighted by molar-refractivity contribution is -0.385. The third-order valence-corrected chi connectivity index (χ3v) is 3.60. The van der Waals surface area contributed by atoms with Gasteiger partial charge in [0.05, 0.1) is 17.2 Å². The first-order chi connectivity index (χ1) is 10.1. The number of nitro groups is 1. The molecule has 0 saturated heterocycles. The van der Waals surface area contributed by atoms with Gasteiger partial charge in [-0.1, -0.05) is 0 Å². The van der Waals surface area contributed by atoms with E-state index >= 15 is 0 Å². The Balaban J connectivity index is 1.94. The summed E-state index contributed by atoms with van der Waals surface area (Å²) in [5.74, 6) is 0.707. The van der Waals surface area contributed by atoms with Crippen LogP contribution in [-0.2, 0) is 6.54 Å².